The van der Waals surface area contributed by atoms with E-state index in [1.165, 1.54) is 6.07 Å². The van der Waals surface area contributed by atoms with Gasteiger partial charge in [0.15, 0.2) is 0 Å². The van der Waals surface area contributed by atoms with Gasteiger partial charge in [-0.2, -0.15) is 0 Å². The van der Waals surface area contributed by atoms with Crippen LogP contribution in [0.5, 0.6) is 11.5 Å². The predicted octanol–water partition coefficient (Wildman–Crippen LogP) is 6.22. The number of hydrogen-bond acceptors (Lipinski definition) is 6. The van der Waals surface area contributed by atoms with Gasteiger partial charge < -0.3 is 15.0 Å². The Balaban J connectivity index is 1.17. The number of likely N-dealkylation sites (tertiary alicyclic amines) is 1. The van der Waals surface area contributed by atoms with Crippen molar-refractivity contribution < 1.29 is 26.7 Å². The fourth-order valence-corrected chi connectivity index (χ4v) is 5.63. The second-order valence-corrected chi connectivity index (χ2v) is 12.4. The van der Waals surface area contributed by atoms with Crippen LogP contribution in [0, 0.1) is 11.6 Å². The van der Waals surface area contributed by atoms with Crippen LogP contribution in [-0.4, -0.2) is 54.6 Å². The summed E-state index contributed by atoms with van der Waals surface area (Å²) >= 11 is 0. The summed E-state index contributed by atoms with van der Waals surface area (Å²) in [5, 5.41) is 2.61. The maximum Gasteiger partial charge on any atom is 0.322 e. The molecule has 0 bridgehead atoms. The SMILES string of the molecule is CS(=O)(=O)Nc1ccc(Oc2ccc(CN3CCC(N(Cc4ccccn4)C(=O)Nc4ccc(F)cc4F)CC3)cc2)cc1. The molecule has 0 unspecified atom stereocenters. The molecule has 1 aliphatic rings. The molecular weight excluding hydrogens is 588 g/mol. The topological polar surface area (TPSA) is 104 Å². The standard InChI is InChI=1S/C32H33F2N5O4S/c1-44(41,42)37-25-8-12-29(13-9-25)43-28-10-5-23(6-11-28)21-38-18-15-27(16-19-38)39(22-26-4-2-3-17-35-26)32(40)36-31-14-7-24(33)20-30(31)34/h2-14,17,20,27,37H,15-16,18-19,21-22H2,1H3,(H,36,40). The lowest BCUT2D eigenvalue weighted by Gasteiger charge is -2.38. The molecule has 0 aliphatic carbocycles. The number of halogens is 2. The average molecular weight is 622 g/mol. The average Bonchev–Trinajstić information content (AvgIpc) is 2.99. The quantitative estimate of drug-likeness (QED) is 0.218. The highest BCUT2D eigenvalue weighted by atomic mass is 32.2. The molecule has 230 valence electrons. The van der Waals surface area contributed by atoms with Gasteiger partial charge in [0, 0.05) is 43.6 Å². The van der Waals surface area contributed by atoms with Crippen LogP contribution in [0.25, 0.3) is 0 Å². The molecule has 2 heterocycles. The number of amides is 2. The first-order valence-electron chi connectivity index (χ1n) is 14.1. The van der Waals surface area contributed by atoms with Gasteiger partial charge in [0.1, 0.15) is 23.1 Å². The highest BCUT2D eigenvalue weighted by Gasteiger charge is 2.29. The van der Waals surface area contributed by atoms with Crippen molar-refractivity contribution in [1.82, 2.24) is 14.8 Å². The first-order chi connectivity index (χ1) is 21.1. The third-order valence-corrected chi connectivity index (χ3v) is 7.82. The van der Waals surface area contributed by atoms with Gasteiger partial charge in [0.25, 0.3) is 0 Å². The minimum absolute atomic E-state index is 0.0757. The summed E-state index contributed by atoms with van der Waals surface area (Å²) in [6.07, 6.45) is 4.20. The van der Waals surface area contributed by atoms with Gasteiger partial charge in [-0.25, -0.2) is 22.0 Å². The molecule has 0 radical (unpaired) electrons. The maximum absolute atomic E-state index is 14.3. The summed E-state index contributed by atoms with van der Waals surface area (Å²) in [7, 11) is -3.35. The van der Waals surface area contributed by atoms with E-state index in [9.17, 15) is 22.0 Å². The van der Waals surface area contributed by atoms with Crippen molar-refractivity contribution in [1.29, 1.82) is 0 Å². The van der Waals surface area contributed by atoms with Crippen molar-refractivity contribution >= 4 is 27.4 Å². The lowest BCUT2D eigenvalue weighted by Crippen LogP contribution is -2.48. The van der Waals surface area contributed by atoms with E-state index in [1.807, 2.05) is 36.4 Å². The van der Waals surface area contributed by atoms with Crippen LogP contribution in [0.1, 0.15) is 24.1 Å². The van der Waals surface area contributed by atoms with Crippen molar-refractivity contribution in [3.05, 3.63) is 114 Å². The third kappa shape index (κ3) is 8.74. The number of carbonyl (C=O) groups is 1. The lowest BCUT2D eigenvalue weighted by atomic mass is 10.0. The zero-order valence-corrected chi connectivity index (χ0v) is 24.9. The molecule has 1 aromatic heterocycles. The van der Waals surface area contributed by atoms with Crippen LogP contribution in [0.3, 0.4) is 0 Å². The van der Waals surface area contributed by atoms with E-state index >= 15 is 0 Å². The second kappa shape index (κ2) is 13.8. The molecule has 2 amide bonds. The van der Waals surface area contributed by atoms with Crippen LogP contribution >= 0.6 is 0 Å². The summed E-state index contributed by atoms with van der Waals surface area (Å²) < 4.78 is 58.7. The summed E-state index contributed by atoms with van der Waals surface area (Å²) in [4.78, 5) is 21.7. The molecule has 1 aliphatic heterocycles. The Kier molecular flexibility index (Phi) is 9.71. The smallest absolute Gasteiger partial charge is 0.322 e. The molecule has 0 saturated carbocycles. The van der Waals surface area contributed by atoms with Crippen LogP contribution < -0.4 is 14.8 Å². The molecule has 0 atom stereocenters. The number of carbonyl (C=O) groups excluding carboxylic acids is 1. The number of ether oxygens (including phenoxy) is 1. The van der Waals surface area contributed by atoms with Gasteiger partial charge in [0.05, 0.1) is 24.2 Å². The normalized spacial score (nSPS) is 14.2. The summed E-state index contributed by atoms with van der Waals surface area (Å²) in [6, 6.07) is 22.4. The Hall–Kier alpha value is -4.55. The van der Waals surface area contributed by atoms with Gasteiger partial charge in [-0.1, -0.05) is 18.2 Å². The Labute approximate surface area is 255 Å². The van der Waals surface area contributed by atoms with Crippen LogP contribution in [0.2, 0.25) is 0 Å². The second-order valence-electron chi connectivity index (χ2n) is 10.7. The van der Waals surface area contributed by atoms with Gasteiger partial charge in [-0.05, 0) is 79.1 Å². The fourth-order valence-electron chi connectivity index (χ4n) is 5.06. The molecule has 2 N–H and O–H groups in total. The molecule has 3 aromatic carbocycles. The van der Waals surface area contributed by atoms with Crippen molar-refractivity contribution in [3.63, 3.8) is 0 Å². The van der Waals surface area contributed by atoms with E-state index in [0.717, 1.165) is 56.4 Å². The summed E-state index contributed by atoms with van der Waals surface area (Å²) in [5.74, 6) is -0.302. The number of benzene rings is 3. The molecule has 5 rings (SSSR count). The molecule has 9 nitrogen and oxygen atoms in total. The number of piperidine rings is 1. The van der Waals surface area contributed by atoms with E-state index in [1.54, 1.807) is 41.4 Å². The Morgan fingerprint density at radius 1 is 0.977 bits per heavy atom. The number of anilines is 2. The number of hydrogen-bond donors (Lipinski definition) is 2. The number of rotatable bonds is 10. The summed E-state index contributed by atoms with van der Waals surface area (Å²) in [6.45, 7) is 2.51. The van der Waals surface area contributed by atoms with Crippen LogP contribution in [-0.2, 0) is 23.1 Å². The number of nitrogens with one attached hydrogen (secondary N) is 2. The zero-order valence-electron chi connectivity index (χ0n) is 24.1. The molecule has 1 saturated heterocycles. The predicted molar refractivity (Wildman–Crippen MR) is 165 cm³/mol. The Bertz CT molecular complexity index is 1670. The zero-order chi connectivity index (χ0) is 31.1. The summed E-state index contributed by atoms with van der Waals surface area (Å²) in [5.41, 5.74) is 2.21. The van der Waals surface area contributed by atoms with Crippen molar-refractivity contribution in [2.75, 3.05) is 29.4 Å². The fraction of sp³-hybridized carbons (Fsp3) is 0.250. The van der Waals surface area contributed by atoms with E-state index < -0.39 is 27.7 Å². The number of nitrogens with zero attached hydrogens (tertiary/aromatic N) is 3. The number of urea groups is 1. The van der Waals surface area contributed by atoms with E-state index in [4.69, 9.17) is 4.74 Å². The first kappa shape index (κ1) is 30.9. The van der Waals surface area contributed by atoms with E-state index in [0.29, 0.717) is 22.9 Å². The van der Waals surface area contributed by atoms with Gasteiger partial charge in [-0.15, -0.1) is 0 Å². The van der Waals surface area contributed by atoms with Crippen molar-refractivity contribution in [2.24, 2.45) is 0 Å². The minimum atomic E-state index is -3.35. The van der Waals surface area contributed by atoms with Gasteiger partial charge >= 0.3 is 6.03 Å². The van der Waals surface area contributed by atoms with E-state index in [-0.39, 0.29) is 18.3 Å². The largest absolute Gasteiger partial charge is 0.457 e. The molecule has 1 fully saturated rings. The van der Waals surface area contributed by atoms with Crippen LogP contribution in [0.4, 0.5) is 25.0 Å². The molecule has 4 aromatic rings. The Morgan fingerprint density at radius 3 is 2.27 bits per heavy atom. The molecule has 44 heavy (non-hydrogen) atoms. The van der Waals surface area contributed by atoms with Crippen molar-refractivity contribution in [3.8, 4) is 11.5 Å². The van der Waals surface area contributed by atoms with E-state index in [2.05, 4.69) is 19.9 Å². The van der Waals surface area contributed by atoms with Crippen LogP contribution in [0.15, 0.2) is 91.1 Å². The number of pyridine rings is 1. The highest BCUT2D eigenvalue weighted by Crippen LogP contribution is 2.26. The monoisotopic (exact) mass is 621 g/mol. The minimum Gasteiger partial charge on any atom is -0.457 e. The highest BCUT2D eigenvalue weighted by molar-refractivity contribution is 7.92. The third-order valence-electron chi connectivity index (χ3n) is 7.21. The van der Waals surface area contributed by atoms with Gasteiger partial charge in [-0.3, -0.25) is 14.6 Å². The first-order valence-corrected chi connectivity index (χ1v) is 16.0. The molecule has 0 spiro atoms. The Morgan fingerprint density at radius 2 is 1.66 bits per heavy atom. The molecule has 12 heteroatoms. The number of sulfonamides is 1. The van der Waals surface area contributed by atoms with Crippen molar-refractivity contribution in [2.45, 2.75) is 32.0 Å². The lowest BCUT2D eigenvalue weighted by molar-refractivity contribution is 0.119. The maximum atomic E-state index is 14.3. The molecular formula is C32H33F2N5O4S. The van der Waals surface area contributed by atoms with Gasteiger partial charge in [0.2, 0.25) is 10.0 Å². The number of aromatic nitrogens is 1.